The minimum absolute atomic E-state index is 0.0168. The van der Waals surface area contributed by atoms with Gasteiger partial charge in [-0.05, 0) is 64.2 Å². The van der Waals surface area contributed by atoms with Gasteiger partial charge >= 0.3 is 0 Å². The molecule has 1 aromatic heterocycles. The summed E-state index contributed by atoms with van der Waals surface area (Å²) in [5.74, 6) is 1.42. The number of furan rings is 1. The van der Waals surface area contributed by atoms with Gasteiger partial charge in [0.15, 0.2) is 6.10 Å². The maximum Gasteiger partial charge on any atom is 0.260 e. The number of benzene rings is 1. The van der Waals surface area contributed by atoms with E-state index in [0.29, 0.717) is 6.54 Å². The maximum absolute atomic E-state index is 12.4. The van der Waals surface area contributed by atoms with Crippen LogP contribution in [0.2, 0.25) is 0 Å². The van der Waals surface area contributed by atoms with Crippen molar-refractivity contribution in [3.8, 4) is 5.75 Å². The third-order valence-electron chi connectivity index (χ3n) is 4.19. The Morgan fingerprint density at radius 3 is 2.62 bits per heavy atom. The number of ether oxygens (including phenoxy) is 1. The van der Waals surface area contributed by atoms with Crippen LogP contribution < -0.4 is 10.1 Å². The molecule has 0 aliphatic rings. The summed E-state index contributed by atoms with van der Waals surface area (Å²) in [6.07, 6.45) is 1.07. The fourth-order valence-corrected chi connectivity index (χ4v) is 2.46. The lowest BCUT2D eigenvalue weighted by molar-refractivity contribution is -0.127. The highest BCUT2D eigenvalue weighted by Gasteiger charge is 2.21. The maximum atomic E-state index is 12.4. The first-order chi connectivity index (χ1) is 11.4. The number of aryl methyl sites for hydroxylation is 1. The van der Waals surface area contributed by atoms with Gasteiger partial charge < -0.3 is 14.5 Å². The molecule has 24 heavy (non-hydrogen) atoms. The van der Waals surface area contributed by atoms with E-state index < -0.39 is 6.10 Å². The van der Waals surface area contributed by atoms with Crippen LogP contribution in [0.15, 0.2) is 41.0 Å². The second kappa shape index (κ2) is 8.02. The van der Waals surface area contributed by atoms with Gasteiger partial charge in [-0.1, -0.05) is 12.1 Å². The van der Waals surface area contributed by atoms with E-state index in [2.05, 4.69) is 5.32 Å². The summed E-state index contributed by atoms with van der Waals surface area (Å²) in [5, 5.41) is 2.94. The first-order valence-corrected chi connectivity index (χ1v) is 8.10. The molecule has 1 N–H and O–H groups in total. The Hall–Kier alpha value is -2.27. The third kappa shape index (κ3) is 4.38. The molecule has 0 unspecified atom stereocenters. The fraction of sp³-hybridized carbons (Fsp3) is 0.421. The number of nitrogens with zero attached hydrogens (tertiary/aromatic N) is 1. The lowest BCUT2D eigenvalue weighted by Gasteiger charge is -2.24. The Bertz CT molecular complexity index is 665. The first-order valence-electron chi connectivity index (χ1n) is 8.10. The third-order valence-corrected chi connectivity index (χ3v) is 4.19. The number of rotatable bonds is 7. The molecule has 130 valence electrons. The molecule has 1 amide bonds. The van der Waals surface area contributed by atoms with E-state index in [4.69, 9.17) is 9.15 Å². The molecule has 2 aromatic rings. The van der Waals surface area contributed by atoms with E-state index in [1.54, 1.807) is 13.2 Å². The lowest BCUT2D eigenvalue weighted by atomic mass is 10.1. The van der Waals surface area contributed by atoms with Gasteiger partial charge in [0.05, 0.1) is 12.3 Å². The van der Waals surface area contributed by atoms with Gasteiger partial charge in [0.25, 0.3) is 5.91 Å². The molecule has 1 aromatic carbocycles. The molecule has 0 aliphatic heterocycles. The molecule has 0 spiro atoms. The van der Waals surface area contributed by atoms with Crippen molar-refractivity contribution in [2.75, 3.05) is 20.6 Å². The van der Waals surface area contributed by atoms with Crippen molar-refractivity contribution in [3.63, 3.8) is 0 Å². The molecule has 0 bridgehead atoms. The molecule has 5 nitrogen and oxygen atoms in total. The van der Waals surface area contributed by atoms with Gasteiger partial charge in [-0.15, -0.1) is 0 Å². The zero-order chi connectivity index (χ0) is 17.7. The van der Waals surface area contributed by atoms with Gasteiger partial charge in [0.2, 0.25) is 0 Å². The van der Waals surface area contributed by atoms with E-state index in [1.807, 2.05) is 63.2 Å². The molecule has 1 heterocycles. The predicted molar refractivity (Wildman–Crippen MR) is 94.2 cm³/mol. The predicted octanol–water partition coefficient (Wildman–Crippen LogP) is 3.08. The summed E-state index contributed by atoms with van der Waals surface area (Å²) in [4.78, 5) is 14.4. The van der Waals surface area contributed by atoms with E-state index >= 15 is 0 Å². The standard InChI is InChI=1S/C19H26N2O3/c1-13-8-6-9-17(14(13)2)24-15(3)19(22)20-12-16(21(4)5)18-10-7-11-23-18/h6-11,15-16H,12H2,1-5H3,(H,20,22)/t15-,16-/m1/s1. The van der Waals surface area contributed by atoms with Crippen LogP contribution in [0.5, 0.6) is 5.75 Å². The summed E-state index contributed by atoms with van der Waals surface area (Å²) in [7, 11) is 3.91. The molecule has 0 fully saturated rings. The largest absolute Gasteiger partial charge is 0.481 e. The first kappa shape index (κ1) is 18.1. The number of nitrogens with one attached hydrogen (secondary N) is 1. The average Bonchev–Trinajstić information content (AvgIpc) is 3.05. The molecular weight excluding hydrogens is 304 g/mol. The van der Waals surface area contributed by atoms with Crippen LogP contribution in [-0.4, -0.2) is 37.6 Å². The van der Waals surface area contributed by atoms with Gasteiger partial charge in [0, 0.05) is 6.54 Å². The van der Waals surface area contributed by atoms with Crippen LogP contribution in [0, 0.1) is 13.8 Å². The summed E-state index contributed by atoms with van der Waals surface area (Å²) < 4.78 is 11.3. The van der Waals surface area contributed by atoms with Crippen LogP contribution >= 0.6 is 0 Å². The summed E-state index contributed by atoms with van der Waals surface area (Å²) in [6, 6.07) is 9.58. The summed E-state index contributed by atoms with van der Waals surface area (Å²) in [5.41, 5.74) is 2.20. The van der Waals surface area contributed by atoms with Crippen molar-refractivity contribution in [2.45, 2.75) is 32.9 Å². The summed E-state index contributed by atoms with van der Waals surface area (Å²) >= 11 is 0. The van der Waals surface area contributed by atoms with Crippen LogP contribution in [0.25, 0.3) is 0 Å². The van der Waals surface area contributed by atoms with Crippen molar-refractivity contribution < 1.29 is 13.9 Å². The number of hydrogen-bond donors (Lipinski definition) is 1. The molecular formula is C19H26N2O3. The summed E-state index contributed by atoms with van der Waals surface area (Å²) in [6.45, 7) is 6.24. The highest BCUT2D eigenvalue weighted by atomic mass is 16.5. The number of carbonyl (C=O) groups is 1. The molecule has 0 saturated carbocycles. The zero-order valence-electron chi connectivity index (χ0n) is 15.0. The van der Waals surface area contributed by atoms with Crippen molar-refractivity contribution in [1.29, 1.82) is 0 Å². The van der Waals surface area contributed by atoms with Crippen molar-refractivity contribution in [3.05, 3.63) is 53.5 Å². The van der Waals surface area contributed by atoms with Crippen LogP contribution in [0.4, 0.5) is 0 Å². The molecule has 0 aliphatic carbocycles. The molecule has 2 atom stereocenters. The Morgan fingerprint density at radius 1 is 1.25 bits per heavy atom. The minimum atomic E-state index is -0.565. The fourth-order valence-electron chi connectivity index (χ4n) is 2.46. The Kier molecular flexibility index (Phi) is 6.04. The van der Waals surface area contributed by atoms with Crippen molar-refractivity contribution in [1.82, 2.24) is 10.2 Å². The van der Waals surface area contributed by atoms with Crippen LogP contribution in [0.3, 0.4) is 0 Å². The number of carbonyl (C=O) groups excluding carboxylic acids is 1. The topological polar surface area (TPSA) is 54.7 Å². The van der Waals surface area contributed by atoms with E-state index in [0.717, 1.165) is 22.6 Å². The van der Waals surface area contributed by atoms with Crippen LogP contribution in [0.1, 0.15) is 29.9 Å². The van der Waals surface area contributed by atoms with E-state index in [1.165, 1.54) is 0 Å². The molecule has 2 rings (SSSR count). The van der Waals surface area contributed by atoms with E-state index in [9.17, 15) is 4.79 Å². The monoisotopic (exact) mass is 330 g/mol. The normalized spacial score (nSPS) is 13.6. The van der Waals surface area contributed by atoms with Gasteiger partial charge in [0.1, 0.15) is 11.5 Å². The SMILES string of the molecule is Cc1cccc(O[C@H](C)C(=O)NC[C@H](c2ccco2)N(C)C)c1C. The second-order valence-corrected chi connectivity index (χ2v) is 6.20. The second-order valence-electron chi connectivity index (χ2n) is 6.20. The number of amides is 1. The Labute approximate surface area is 143 Å². The van der Waals surface area contributed by atoms with Gasteiger partial charge in [-0.2, -0.15) is 0 Å². The van der Waals surface area contributed by atoms with Crippen molar-refractivity contribution in [2.24, 2.45) is 0 Å². The molecule has 0 saturated heterocycles. The Morgan fingerprint density at radius 2 is 2.00 bits per heavy atom. The zero-order valence-corrected chi connectivity index (χ0v) is 15.0. The lowest BCUT2D eigenvalue weighted by Crippen LogP contribution is -2.41. The molecule has 0 radical (unpaired) electrons. The highest BCUT2D eigenvalue weighted by molar-refractivity contribution is 5.80. The quantitative estimate of drug-likeness (QED) is 0.848. The highest BCUT2D eigenvalue weighted by Crippen LogP contribution is 2.22. The average molecular weight is 330 g/mol. The Balaban J connectivity index is 1.95. The molecule has 5 heteroatoms. The van der Waals surface area contributed by atoms with Crippen LogP contribution in [-0.2, 0) is 4.79 Å². The number of hydrogen-bond acceptors (Lipinski definition) is 4. The minimum Gasteiger partial charge on any atom is -0.481 e. The van der Waals surface area contributed by atoms with Gasteiger partial charge in [-0.3, -0.25) is 9.69 Å². The van der Waals surface area contributed by atoms with Gasteiger partial charge in [-0.25, -0.2) is 0 Å². The van der Waals surface area contributed by atoms with E-state index in [-0.39, 0.29) is 11.9 Å². The number of likely N-dealkylation sites (N-methyl/N-ethyl adjacent to an activating group) is 1. The van der Waals surface area contributed by atoms with Crippen molar-refractivity contribution >= 4 is 5.91 Å². The smallest absolute Gasteiger partial charge is 0.260 e.